The van der Waals surface area contributed by atoms with Gasteiger partial charge in [0.1, 0.15) is 5.69 Å². The van der Waals surface area contributed by atoms with Crippen LogP contribution in [0.4, 0.5) is 11.5 Å². The van der Waals surface area contributed by atoms with Crippen LogP contribution < -0.4 is 5.32 Å². The van der Waals surface area contributed by atoms with Crippen molar-refractivity contribution in [2.45, 2.75) is 58.3 Å². The lowest BCUT2D eigenvalue weighted by Gasteiger charge is -2.09. The van der Waals surface area contributed by atoms with Gasteiger partial charge in [-0.15, -0.1) is 0 Å². The Morgan fingerprint density at radius 3 is 2.76 bits per heavy atom. The quantitative estimate of drug-likeness (QED) is 0.451. The zero-order valence-electron chi connectivity index (χ0n) is 13.1. The van der Waals surface area contributed by atoms with Crippen LogP contribution in [0.2, 0.25) is 0 Å². The van der Waals surface area contributed by atoms with E-state index in [0.717, 1.165) is 25.3 Å². The van der Waals surface area contributed by atoms with Crippen molar-refractivity contribution in [2.75, 3.05) is 11.9 Å². The Balaban J connectivity index is 1.93. The van der Waals surface area contributed by atoms with Crippen molar-refractivity contribution >= 4 is 11.5 Å². The number of hydrogen-bond acceptors (Lipinski definition) is 4. The third-order valence-electron chi connectivity index (χ3n) is 4.32. The number of anilines is 1. The van der Waals surface area contributed by atoms with Gasteiger partial charge in [0.05, 0.1) is 4.92 Å². The Bertz CT molecular complexity index is 478. The Morgan fingerprint density at radius 1 is 1.43 bits per heavy atom. The van der Waals surface area contributed by atoms with Gasteiger partial charge in [0, 0.05) is 13.6 Å². The van der Waals surface area contributed by atoms with E-state index in [2.05, 4.69) is 10.4 Å². The predicted molar refractivity (Wildman–Crippen MR) is 83.5 cm³/mol. The molecule has 6 heteroatoms. The van der Waals surface area contributed by atoms with Crippen LogP contribution in [0.5, 0.6) is 0 Å². The standard InChI is InChI=1S/C15H26N4O2/c1-3-7-13-14(19(20)21)15(18(2)17-13)16-11-6-10-12-8-4-5-9-12/h12,16H,3-11H2,1-2H3. The van der Waals surface area contributed by atoms with Crippen molar-refractivity contribution in [3.63, 3.8) is 0 Å². The molecule has 0 bridgehead atoms. The summed E-state index contributed by atoms with van der Waals surface area (Å²) in [5.74, 6) is 1.42. The zero-order valence-corrected chi connectivity index (χ0v) is 13.1. The Morgan fingerprint density at radius 2 is 2.14 bits per heavy atom. The predicted octanol–water partition coefficient (Wildman–Crippen LogP) is 3.66. The second kappa shape index (κ2) is 7.43. The van der Waals surface area contributed by atoms with E-state index in [9.17, 15) is 10.1 Å². The smallest absolute Gasteiger partial charge is 0.333 e. The van der Waals surface area contributed by atoms with Crippen molar-refractivity contribution in [3.05, 3.63) is 15.8 Å². The second-order valence-corrected chi connectivity index (χ2v) is 5.99. The van der Waals surface area contributed by atoms with Gasteiger partial charge in [-0.25, -0.2) is 4.68 Å². The fraction of sp³-hybridized carbons (Fsp3) is 0.800. The third kappa shape index (κ3) is 3.95. The van der Waals surface area contributed by atoms with E-state index in [1.807, 2.05) is 6.92 Å². The molecule has 1 aliphatic carbocycles. The summed E-state index contributed by atoms with van der Waals surface area (Å²) in [7, 11) is 1.77. The van der Waals surface area contributed by atoms with Crippen LogP contribution in [-0.4, -0.2) is 21.2 Å². The van der Waals surface area contributed by atoms with Gasteiger partial charge in [-0.2, -0.15) is 5.10 Å². The van der Waals surface area contributed by atoms with Crippen molar-refractivity contribution in [1.29, 1.82) is 0 Å². The molecular weight excluding hydrogens is 268 g/mol. The van der Waals surface area contributed by atoms with E-state index in [0.29, 0.717) is 17.9 Å². The molecule has 118 valence electrons. The molecule has 6 nitrogen and oxygen atoms in total. The summed E-state index contributed by atoms with van der Waals surface area (Å²) in [5.41, 5.74) is 0.739. The summed E-state index contributed by atoms with van der Waals surface area (Å²) in [5, 5.41) is 18.8. The van der Waals surface area contributed by atoms with Gasteiger partial charge >= 0.3 is 5.69 Å². The number of hydrogen-bond donors (Lipinski definition) is 1. The van der Waals surface area contributed by atoms with Gasteiger partial charge in [0.2, 0.25) is 5.82 Å². The van der Waals surface area contributed by atoms with Crippen molar-refractivity contribution < 1.29 is 4.92 Å². The van der Waals surface area contributed by atoms with E-state index in [4.69, 9.17) is 0 Å². The molecule has 0 spiro atoms. The molecule has 1 saturated carbocycles. The highest BCUT2D eigenvalue weighted by atomic mass is 16.6. The van der Waals surface area contributed by atoms with Crippen LogP contribution >= 0.6 is 0 Å². The number of nitro groups is 1. The van der Waals surface area contributed by atoms with Crippen LogP contribution in [0.1, 0.15) is 57.6 Å². The summed E-state index contributed by atoms with van der Waals surface area (Å²) >= 11 is 0. The number of aromatic nitrogens is 2. The summed E-state index contributed by atoms with van der Waals surface area (Å²) in [6.07, 6.45) is 9.24. The molecular formula is C15H26N4O2. The van der Waals surface area contributed by atoms with Gasteiger partial charge in [-0.3, -0.25) is 10.1 Å². The fourth-order valence-electron chi connectivity index (χ4n) is 3.26. The summed E-state index contributed by atoms with van der Waals surface area (Å²) in [4.78, 5) is 11.0. The molecule has 1 aromatic heterocycles. The highest BCUT2D eigenvalue weighted by Gasteiger charge is 2.25. The zero-order chi connectivity index (χ0) is 15.2. The van der Waals surface area contributed by atoms with Crippen molar-refractivity contribution in [3.8, 4) is 0 Å². The topological polar surface area (TPSA) is 73.0 Å². The monoisotopic (exact) mass is 294 g/mol. The molecule has 1 aliphatic rings. The molecule has 0 aliphatic heterocycles. The molecule has 21 heavy (non-hydrogen) atoms. The maximum absolute atomic E-state index is 11.3. The minimum Gasteiger partial charge on any atom is -0.365 e. The largest absolute Gasteiger partial charge is 0.365 e. The first-order valence-electron chi connectivity index (χ1n) is 8.07. The highest BCUT2D eigenvalue weighted by molar-refractivity contribution is 5.59. The lowest BCUT2D eigenvalue weighted by Crippen LogP contribution is -2.09. The van der Waals surface area contributed by atoms with E-state index < -0.39 is 0 Å². The van der Waals surface area contributed by atoms with Gasteiger partial charge in [0.25, 0.3) is 0 Å². The van der Waals surface area contributed by atoms with E-state index >= 15 is 0 Å². The molecule has 1 fully saturated rings. The first kappa shape index (κ1) is 15.8. The molecule has 0 radical (unpaired) electrons. The van der Waals surface area contributed by atoms with Crippen LogP contribution in [0.15, 0.2) is 0 Å². The summed E-state index contributed by atoms with van der Waals surface area (Å²) < 4.78 is 1.61. The van der Waals surface area contributed by atoms with Gasteiger partial charge in [-0.1, -0.05) is 39.0 Å². The SMILES string of the molecule is CCCc1nn(C)c(NCCCC2CCCC2)c1[N+](=O)[O-]. The minimum absolute atomic E-state index is 0.153. The summed E-state index contributed by atoms with van der Waals surface area (Å²) in [6.45, 7) is 2.79. The second-order valence-electron chi connectivity index (χ2n) is 5.99. The molecule has 0 atom stereocenters. The van der Waals surface area contributed by atoms with Crippen LogP contribution in [-0.2, 0) is 13.5 Å². The lowest BCUT2D eigenvalue weighted by molar-refractivity contribution is -0.384. The average molecular weight is 294 g/mol. The maximum Gasteiger partial charge on any atom is 0.333 e. The summed E-state index contributed by atoms with van der Waals surface area (Å²) in [6, 6.07) is 0. The number of nitrogens with zero attached hydrogens (tertiary/aromatic N) is 3. The molecule has 2 rings (SSSR count). The first-order valence-corrected chi connectivity index (χ1v) is 8.07. The normalized spacial score (nSPS) is 15.5. The number of aryl methyl sites for hydroxylation is 2. The molecule has 0 saturated heterocycles. The van der Waals surface area contributed by atoms with E-state index in [1.54, 1.807) is 11.7 Å². The van der Waals surface area contributed by atoms with Gasteiger partial charge in [0.15, 0.2) is 0 Å². The Hall–Kier alpha value is -1.59. The molecule has 0 aromatic carbocycles. The Labute approximate surface area is 126 Å². The van der Waals surface area contributed by atoms with Crippen molar-refractivity contribution in [1.82, 2.24) is 9.78 Å². The lowest BCUT2D eigenvalue weighted by atomic mass is 10.0. The maximum atomic E-state index is 11.3. The fourth-order valence-corrected chi connectivity index (χ4v) is 3.26. The van der Waals surface area contributed by atoms with Gasteiger partial charge in [-0.05, 0) is 25.2 Å². The molecule has 1 N–H and O–H groups in total. The van der Waals surface area contributed by atoms with Gasteiger partial charge < -0.3 is 5.32 Å². The highest BCUT2D eigenvalue weighted by Crippen LogP contribution is 2.30. The Kier molecular flexibility index (Phi) is 5.59. The van der Waals surface area contributed by atoms with Crippen LogP contribution in [0.3, 0.4) is 0 Å². The molecule has 0 amide bonds. The van der Waals surface area contributed by atoms with Crippen LogP contribution in [0, 0.1) is 16.0 Å². The molecule has 1 heterocycles. The minimum atomic E-state index is -0.308. The molecule has 1 aromatic rings. The number of nitrogens with one attached hydrogen (secondary N) is 1. The number of rotatable bonds is 8. The first-order chi connectivity index (χ1) is 10.1. The average Bonchev–Trinajstić information content (AvgIpc) is 3.03. The van der Waals surface area contributed by atoms with E-state index in [1.165, 1.54) is 32.1 Å². The van der Waals surface area contributed by atoms with Crippen molar-refractivity contribution in [2.24, 2.45) is 13.0 Å². The van der Waals surface area contributed by atoms with Crippen LogP contribution in [0.25, 0.3) is 0 Å². The molecule has 0 unspecified atom stereocenters. The van der Waals surface area contributed by atoms with E-state index in [-0.39, 0.29) is 10.6 Å². The third-order valence-corrected chi connectivity index (χ3v) is 4.32.